The lowest BCUT2D eigenvalue weighted by Gasteiger charge is -2.28. The molecule has 0 saturated heterocycles. The number of ether oxygens (including phenoxy) is 1. The van der Waals surface area contributed by atoms with Crippen molar-refractivity contribution < 1.29 is 18.3 Å². The number of para-hydroxylation sites is 3. The van der Waals surface area contributed by atoms with E-state index in [1.54, 1.807) is 24.0 Å². The molecule has 116 valence electrons. The highest BCUT2D eigenvalue weighted by Crippen LogP contribution is 2.34. The molecule has 3 aromatic rings. The number of amides is 1. The van der Waals surface area contributed by atoms with Crippen molar-refractivity contribution in [2.45, 2.75) is 6.92 Å². The van der Waals surface area contributed by atoms with Gasteiger partial charge in [-0.15, -0.1) is 0 Å². The van der Waals surface area contributed by atoms with Gasteiger partial charge in [0.25, 0.3) is 5.91 Å². The van der Waals surface area contributed by atoms with Crippen molar-refractivity contribution in [2.24, 2.45) is 0 Å². The molecular weight excluding hydrogens is 297 g/mol. The average molecular weight is 311 g/mol. The van der Waals surface area contributed by atoms with Crippen LogP contribution in [0.15, 0.2) is 46.9 Å². The maximum absolute atomic E-state index is 13.9. The number of carbonyl (C=O) groups excluding carboxylic acids is 1. The summed E-state index contributed by atoms with van der Waals surface area (Å²) >= 11 is 0. The fourth-order valence-corrected chi connectivity index (χ4v) is 2.92. The topological polar surface area (TPSA) is 42.7 Å². The summed E-state index contributed by atoms with van der Waals surface area (Å²) in [4.78, 5) is 14.5. The number of carbonyl (C=O) groups is 1. The zero-order chi connectivity index (χ0) is 16.0. The lowest BCUT2D eigenvalue weighted by atomic mass is 10.1. The summed E-state index contributed by atoms with van der Waals surface area (Å²) in [6.07, 6.45) is 0. The van der Waals surface area contributed by atoms with Crippen LogP contribution >= 0.6 is 0 Å². The molecule has 0 aliphatic carbocycles. The minimum Gasteiger partial charge on any atom is -0.490 e. The third kappa shape index (κ3) is 2.08. The molecular formula is C18H14FNO3. The molecule has 1 aliphatic heterocycles. The van der Waals surface area contributed by atoms with Gasteiger partial charge in [0, 0.05) is 10.9 Å². The van der Waals surface area contributed by atoms with Crippen LogP contribution in [0.1, 0.15) is 16.1 Å². The maximum Gasteiger partial charge on any atom is 0.294 e. The van der Waals surface area contributed by atoms with Gasteiger partial charge in [-0.05, 0) is 25.1 Å². The Morgan fingerprint density at radius 3 is 2.83 bits per heavy atom. The molecule has 0 N–H and O–H groups in total. The van der Waals surface area contributed by atoms with Gasteiger partial charge in [-0.2, -0.15) is 0 Å². The Kier molecular flexibility index (Phi) is 3.08. The van der Waals surface area contributed by atoms with Crippen molar-refractivity contribution in [3.05, 3.63) is 59.6 Å². The second-order valence-electron chi connectivity index (χ2n) is 5.45. The van der Waals surface area contributed by atoms with Crippen LogP contribution in [0, 0.1) is 12.7 Å². The van der Waals surface area contributed by atoms with E-state index in [4.69, 9.17) is 9.15 Å². The molecule has 5 heteroatoms. The molecule has 0 unspecified atom stereocenters. The van der Waals surface area contributed by atoms with Gasteiger partial charge >= 0.3 is 0 Å². The summed E-state index contributed by atoms with van der Waals surface area (Å²) in [5, 5.41) is 0.620. The van der Waals surface area contributed by atoms with Gasteiger partial charge in [-0.1, -0.05) is 24.3 Å². The van der Waals surface area contributed by atoms with E-state index in [2.05, 4.69) is 0 Å². The monoisotopic (exact) mass is 311 g/mol. The maximum atomic E-state index is 13.9. The van der Waals surface area contributed by atoms with Crippen molar-refractivity contribution in [3.8, 4) is 5.75 Å². The van der Waals surface area contributed by atoms with Crippen LogP contribution in [-0.2, 0) is 0 Å². The number of rotatable bonds is 1. The third-order valence-electron chi connectivity index (χ3n) is 4.08. The van der Waals surface area contributed by atoms with Crippen LogP contribution in [0.4, 0.5) is 10.1 Å². The summed E-state index contributed by atoms with van der Waals surface area (Å²) in [5.41, 5.74) is 1.47. The molecule has 0 fully saturated rings. The fourth-order valence-electron chi connectivity index (χ4n) is 2.92. The largest absolute Gasteiger partial charge is 0.490 e. The van der Waals surface area contributed by atoms with E-state index in [1.165, 1.54) is 6.07 Å². The number of anilines is 1. The quantitative estimate of drug-likeness (QED) is 0.684. The first-order chi connectivity index (χ1) is 11.2. The summed E-state index contributed by atoms with van der Waals surface area (Å²) in [6, 6.07) is 12.0. The number of nitrogens with zero attached hydrogens (tertiary/aromatic N) is 1. The van der Waals surface area contributed by atoms with Gasteiger partial charge in [0.05, 0.1) is 12.2 Å². The molecule has 0 saturated carbocycles. The lowest BCUT2D eigenvalue weighted by molar-refractivity contribution is 0.0951. The highest BCUT2D eigenvalue weighted by atomic mass is 19.1. The van der Waals surface area contributed by atoms with Crippen molar-refractivity contribution in [1.29, 1.82) is 0 Å². The predicted molar refractivity (Wildman–Crippen MR) is 84.5 cm³/mol. The average Bonchev–Trinajstić information content (AvgIpc) is 2.92. The molecule has 1 aromatic heterocycles. The van der Waals surface area contributed by atoms with Gasteiger partial charge in [0.15, 0.2) is 17.2 Å². The second-order valence-corrected chi connectivity index (χ2v) is 5.45. The molecule has 0 spiro atoms. The predicted octanol–water partition coefficient (Wildman–Crippen LogP) is 3.92. The number of hydrogen-bond donors (Lipinski definition) is 0. The number of furan rings is 1. The van der Waals surface area contributed by atoms with Crippen LogP contribution < -0.4 is 9.64 Å². The first kappa shape index (κ1) is 13.8. The first-order valence-electron chi connectivity index (χ1n) is 7.38. The highest BCUT2D eigenvalue weighted by Gasteiger charge is 2.29. The summed E-state index contributed by atoms with van der Waals surface area (Å²) in [6.45, 7) is 2.61. The van der Waals surface area contributed by atoms with Crippen molar-refractivity contribution in [1.82, 2.24) is 0 Å². The summed E-state index contributed by atoms with van der Waals surface area (Å²) in [5.74, 6) is 0.0784. The third-order valence-corrected chi connectivity index (χ3v) is 4.08. The van der Waals surface area contributed by atoms with E-state index in [0.29, 0.717) is 35.5 Å². The molecule has 0 atom stereocenters. The molecule has 2 aromatic carbocycles. The zero-order valence-corrected chi connectivity index (χ0v) is 12.5. The van der Waals surface area contributed by atoms with E-state index >= 15 is 0 Å². The van der Waals surface area contributed by atoms with Crippen LogP contribution in [0.3, 0.4) is 0 Å². The van der Waals surface area contributed by atoms with E-state index in [-0.39, 0.29) is 17.3 Å². The van der Waals surface area contributed by atoms with Gasteiger partial charge in [0.1, 0.15) is 12.4 Å². The molecule has 23 heavy (non-hydrogen) atoms. The number of aryl methyl sites for hydroxylation is 1. The van der Waals surface area contributed by atoms with E-state index in [9.17, 15) is 9.18 Å². The number of fused-ring (bicyclic) bond motifs is 2. The van der Waals surface area contributed by atoms with E-state index < -0.39 is 5.82 Å². The molecule has 1 aliphatic rings. The Balaban J connectivity index is 1.82. The molecule has 4 nitrogen and oxygen atoms in total. The standard InChI is InChI=1S/C18H14FNO3/c1-11-12-5-4-6-13(19)17(12)23-16(11)18(21)20-9-10-22-15-8-3-2-7-14(15)20/h2-8H,9-10H2,1H3. The number of hydrogen-bond acceptors (Lipinski definition) is 3. The molecule has 4 rings (SSSR count). The fraction of sp³-hybridized carbons (Fsp3) is 0.167. The first-order valence-corrected chi connectivity index (χ1v) is 7.38. The molecule has 0 bridgehead atoms. The summed E-state index contributed by atoms with van der Waals surface area (Å²) < 4.78 is 25.0. The van der Waals surface area contributed by atoms with E-state index in [1.807, 2.05) is 24.3 Å². The van der Waals surface area contributed by atoms with Crippen LogP contribution in [0.5, 0.6) is 5.75 Å². The highest BCUT2D eigenvalue weighted by molar-refractivity contribution is 6.08. The Labute approximate surface area is 132 Å². The minimum atomic E-state index is -0.466. The zero-order valence-electron chi connectivity index (χ0n) is 12.5. The lowest BCUT2D eigenvalue weighted by Crippen LogP contribution is -2.38. The SMILES string of the molecule is Cc1c(C(=O)N2CCOc3ccccc32)oc2c(F)cccc12. The van der Waals surface area contributed by atoms with Crippen molar-refractivity contribution in [2.75, 3.05) is 18.1 Å². The molecule has 0 radical (unpaired) electrons. The van der Waals surface area contributed by atoms with Gasteiger partial charge in [-0.25, -0.2) is 4.39 Å². The number of benzene rings is 2. The number of halogens is 1. The Bertz CT molecular complexity index is 916. The van der Waals surface area contributed by atoms with E-state index in [0.717, 1.165) is 0 Å². The van der Waals surface area contributed by atoms with Crippen LogP contribution in [0.2, 0.25) is 0 Å². The second kappa shape index (κ2) is 5.12. The Morgan fingerprint density at radius 1 is 1.17 bits per heavy atom. The Morgan fingerprint density at radius 2 is 2.00 bits per heavy atom. The van der Waals surface area contributed by atoms with Gasteiger partial charge in [0.2, 0.25) is 0 Å². The minimum absolute atomic E-state index is 0.120. The van der Waals surface area contributed by atoms with Crippen LogP contribution in [0.25, 0.3) is 11.0 Å². The summed E-state index contributed by atoms with van der Waals surface area (Å²) in [7, 11) is 0. The smallest absolute Gasteiger partial charge is 0.294 e. The van der Waals surface area contributed by atoms with Crippen molar-refractivity contribution >= 4 is 22.6 Å². The Hall–Kier alpha value is -2.82. The van der Waals surface area contributed by atoms with Gasteiger partial charge < -0.3 is 9.15 Å². The van der Waals surface area contributed by atoms with Crippen LogP contribution in [-0.4, -0.2) is 19.1 Å². The normalized spacial score (nSPS) is 13.7. The molecule has 1 amide bonds. The molecule has 2 heterocycles. The van der Waals surface area contributed by atoms with Crippen molar-refractivity contribution in [3.63, 3.8) is 0 Å². The van der Waals surface area contributed by atoms with Gasteiger partial charge in [-0.3, -0.25) is 9.69 Å².